The van der Waals surface area contributed by atoms with Gasteiger partial charge in [0.1, 0.15) is 5.75 Å². The Morgan fingerprint density at radius 3 is 2.48 bits per heavy atom. The first-order valence-corrected chi connectivity index (χ1v) is 7.17. The molecule has 130 valence electrons. The first-order valence-electron chi connectivity index (χ1n) is 7.17. The van der Waals surface area contributed by atoms with E-state index in [0.717, 1.165) is 25.0 Å². The molecule has 0 spiro atoms. The third-order valence-electron chi connectivity index (χ3n) is 3.82. The highest BCUT2D eigenvalue weighted by molar-refractivity contribution is 5.94. The average molecular weight is 353 g/mol. The van der Waals surface area contributed by atoms with Crippen molar-refractivity contribution >= 4 is 18.3 Å². The number of likely N-dealkylation sites (tertiary alicyclic amines) is 1. The molecule has 0 aromatic heterocycles. The van der Waals surface area contributed by atoms with E-state index in [9.17, 15) is 18.0 Å². The fourth-order valence-corrected chi connectivity index (χ4v) is 2.61. The lowest BCUT2D eigenvalue weighted by Gasteiger charge is -2.34. The Morgan fingerprint density at radius 1 is 1.35 bits per heavy atom. The van der Waals surface area contributed by atoms with Crippen LogP contribution in [0.4, 0.5) is 13.2 Å². The second-order valence-corrected chi connectivity index (χ2v) is 5.58. The number of nitrogens with zero attached hydrogens (tertiary/aromatic N) is 1. The number of amides is 1. The molecule has 0 aliphatic carbocycles. The molecular formula is C15H20ClF3N2O2. The smallest absolute Gasteiger partial charge is 0.406 e. The Labute approximate surface area is 139 Å². The summed E-state index contributed by atoms with van der Waals surface area (Å²) in [6.07, 6.45) is -2.87. The van der Waals surface area contributed by atoms with Crippen LogP contribution >= 0.6 is 12.4 Å². The largest absolute Gasteiger partial charge is 0.573 e. The summed E-state index contributed by atoms with van der Waals surface area (Å²) >= 11 is 0. The van der Waals surface area contributed by atoms with Gasteiger partial charge in [-0.2, -0.15) is 0 Å². The van der Waals surface area contributed by atoms with Crippen molar-refractivity contribution in [3.05, 3.63) is 29.8 Å². The highest BCUT2D eigenvalue weighted by atomic mass is 35.5. The Morgan fingerprint density at radius 2 is 1.96 bits per heavy atom. The fourth-order valence-electron chi connectivity index (χ4n) is 2.61. The Bertz CT molecular complexity index is 520. The number of halogens is 4. The highest BCUT2D eigenvalue weighted by Gasteiger charge is 2.31. The minimum atomic E-state index is -4.73. The molecule has 4 nitrogen and oxygen atoms in total. The van der Waals surface area contributed by atoms with Crippen molar-refractivity contribution in [2.24, 2.45) is 11.7 Å². The van der Waals surface area contributed by atoms with Gasteiger partial charge in [-0.3, -0.25) is 4.79 Å². The van der Waals surface area contributed by atoms with Gasteiger partial charge in [-0.05, 0) is 49.9 Å². The van der Waals surface area contributed by atoms with Gasteiger partial charge in [0.15, 0.2) is 0 Å². The zero-order chi connectivity index (χ0) is 16.3. The van der Waals surface area contributed by atoms with Crippen LogP contribution in [0.5, 0.6) is 5.75 Å². The van der Waals surface area contributed by atoms with E-state index in [1.807, 2.05) is 6.92 Å². The summed E-state index contributed by atoms with van der Waals surface area (Å²) in [5.74, 6) is -0.273. The van der Waals surface area contributed by atoms with Crippen molar-refractivity contribution in [2.75, 3.05) is 13.1 Å². The van der Waals surface area contributed by atoms with Crippen LogP contribution in [0.25, 0.3) is 0 Å². The molecule has 1 fully saturated rings. The van der Waals surface area contributed by atoms with E-state index >= 15 is 0 Å². The van der Waals surface area contributed by atoms with Crippen molar-refractivity contribution in [3.63, 3.8) is 0 Å². The standard InChI is InChI=1S/C15H19F3N2O2.ClH/c1-10(19)12-3-2-8-20(9-12)14(21)11-4-6-13(7-5-11)22-15(16,17)18;/h4-7,10,12H,2-3,8-9,19H2,1H3;1H. The van der Waals surface area contributed by atoms with Gasteiger partial charge in [0.2, 0.25) is 0 Å². The molecule has 0 radical (unpaired) electrons. The van der Waals surface area contributed by atoms with E-state index in [1.165, 1.54) is 12.1 Å². The molecule has 1 amide bonds. The molecule has 1 saturated heterocycles. The summed E-state index contributed by atoms with van der Waals surface area (Å²) in [5.41, 5.74) is 6.23. The Balaban J connectivity index is 0.00000264. The number of nitrogens with two attached hydrogens (primary N) is 1. The van der Waals surface area contributed by atoms with Gasteiger partial charge in [0.25, 0.3) is 5.91 Å². The molecule has 2 N–H and O–H groups in total. The maximum absolute atomic E-state index is 12.4. The summed E-state index contributed by atoms with van der Waals surface area (Å²) in [6.45, 7) is 3.14. The van der Waals surface area contributed by atoms with Crippen LogP contribution in [-0.2, 0) is 0 Å². The van der Waals surface area contributed by atoms with Gasteiger partial charge in [-0.15, -0.1) is 25.6 Å². The number of benzene rings is 1. The summed E-state index contributed by atoms with van der Waals surface area (Å²) < 4.78 is 40.1. The van der Waals surface area contributed by atoms with Crippen molar-refractivity contribution < 1.29 is 22.7 Å². The molecule has 2 unspecified atom stereocenters. The summed E-state index contributed by atoms with van der Waals surface area (Å²) in [7, 11) is 0. The second kappa shape index (κ2) is 7.88. The highest BCUT2D eigenvalue weighted by Crippen LogP contribution is 2.24. The topological polar surface area (TPSA) is 55.6 Å². The predicted molar refractivity (Wildman–Crippen MR) is 82.6 cm³/mol. The van der Waals surface area contributed by atoms with Crippen LogP contribution in [0.2, 0.25) is 0 Å². The molecule has 1 aromatic carbocycles. The lowest BCUT2D eigenvalue weighted by atomic mass is 9.92. The first kappa shape index (κ1) is 19.6. The molecular weight excluding hydrogens is 333 g/mol. The fraction of sp³-hybridized carbons (Fsp3) is 0.533. The molecule has 1 aliphatic rings. The molecule has 1 heterocycles. The van der Waals surface area contributed by atoms with Crippen LogP contribution < -0.4 is 10.5 Å². The molecule has 2 rings (SSSR count). The minimum absolute atomic E-state index is 0. The van der Waals surface area contributed by atoms with Gasteiger partial charge in [-0.1, -0.05) is 0 Å². The van der Waals surface area contributed by atoms with Gasteiger partial charge in [-0.25, -0.2) is 0 Å². The van der Waals surface area contributed by atoms with E-state index in [2.05, 4.69) is 4.74 Å². The van der Waals surface area contributed by atoms with Crippen molar-refractivity contribution in [2.45, 2.75) is 32.2 Å². The normalized spacial score (nSPS) is 19.7. The van der Waals surface area contributed by atoms with Crippen molar-refractivity contribution in [1.82, 2.24) is 4.90 Å². The summed E-state index contributed by atoms with van der Waals surface area (Å²) in [4.78, 5) is 14.1. The number of hydrogen-bond donors (Lipinski definition) is 1. The summed E-state index contributed by atoms with van der Waals surface area (Å²) in [6, 6.07) is 5.00. The summed E-state index contributed by atoms with van der Waals surface area (Å²) in [5, 5.41) is 0. The molecule has 0 saturated carbocycles. The predicted octanol–water partition coefficient (Wildman–Crippen LogP) is 3.21. The van der Waals surface area contributed by atoms with Crippen LogP contribution in [0.3, 0.4) is 0 Å². The maximum atomic E-state index is 12.4. The van der Waals surface area contributed by atoms with Crippen LogP contribution in [0, 0.1) is 5.92 Å². The van der Waals surface area contributed by atoms with Gasteiger partial charge >= 0.3 is 6.36 Å². The van der Waals surface area contributed by atoms with Crippen molar-refractivity contribution in [1.29, 1.82) is 0 Å². The maximum Gasteiger partial charge on any atom is 0.573 e. The number of ether oxygens (including phenoxy) is 1. The zero-order valence-electron chi connectivity index (χ0n) is 12.7. The molecule has 1 aromatic rings. The van der Waals surface area contributed by atoms with E-state index < -0.39 is 6.36 Å². The number of rotatable bonds is 3. The van der Waals surface area contributed by atoms with E-state index in [1.54, 1.807) is 4.90 Å². The number of carbonyl (C=O) groups is 1. The lowest BCUT2D eigenvalue weighted by Crippen LogP contribution is -2.45. The molecule has 1 aliphatic heterocycles. The molecule has 2 atom stereocenters. The average Bonchev–Trinajstić information content (AvgIpc) is 2.46. The Hall–Kier alpha value is -1.47. The minimum Gasteiger partial charge on any atom is -0.406 e. The molecule has 0 bridgehead atoms. The van der Waals surface area contributed by atoms with Gasteiger partial charge in [0, 0.05) is 24.7 Å². The number of carbonyl (C=O) groups excluding carboxylic acids is 1. The zero-order valence-corrected chi connectivity index (χ0v) is 13.5. The molecule has 23 heavy (non-hydrogen) atoms. The number of hydrogen-bond acceptors (Lipinski definition) is 3. The van der Waals surface area contributed by atoms with Crippen LogP contribution in [0.15, 0.2) is 24.3 Å². The van der Waals surface area contributed by atoms with Gasteiger partial charge < -0.3 is 15.4 Å². The van der Waals surface area contributed by atoms with Crippen LogP contribution in [-0.4, -0.2) is 36.3 Å². The van der Waals surface area contributed by atoms with E-state index in [0.29, 0.717) is 18.7 Å². The van der Waals surface area contributed by atoms with Gasteiger partial charge in [0.05, 0.1) is 0 Å². The van der Waals surface area contributed by atoms with Crippen LogP contribution in [0.1, 0.15) is 30.1 Å². The number of piperidine rings is 1. The Kier molecular flexibility index (Phi) is 6.70. The quantitative estimate of drug-likeness (QED) is 0.908. The SMILES string of the molecule is CC(N)C1CCCN(C(=O)c2ccc(OC(F)(F)F)cc2)C1.Cl. The monoisotopic (exact) mass is 352 g/mol. The number of alkyl halides is 3. The third kappa shape index (κ3) is 5.58. The first-order chi connectivity index (χ1) is 10.3. The lowest BCUT2D eigenvalue weighted by molar-refractivity contribution is -0.274. The molecule has 8 heteroatoms. The van der Waals surface area contributed by atoms with Crippen molar-refractivity contribution in [3.8, 4) is 5.75 Å². The van der Waals surface area contributed by atoms with E-state index in [4.69, 9.17) is 5.73 Å². The second-order valence-electron chi connectivity index (χ2n) is 5.58. The van der Waals surface area contributed by atoms with E-state index in [-0.39, 0.29) is 36.0 Å². The third-order valence-corrected chi connectivity index (χ3v) is 3.82.